The van der Waals surface area contributed by atoms with Gasteiger partial charge >= 0.3 is 0 Å². The van der Waals surface area contributed by atoms with Gasteiger partial charge < -0.3 is 4.74 Å². The summed E-state index contributed by atoms with van der Waals surface area (Å²) < 4.78 is 19.0. The smallest absolute Gasteiger partial charge is 0.183 e. The molecule has 0 N–H and O–H groups in total. The number of hydrogen-bond donors (Lipinski definition) is 0. The number of benzene rings is 1. The first-order chi connectivity index (χ1) is 10.1. The Morgan fingerprint density at radius 1 is 1.24 bits per heavy atom. The number of nitrogens with zero attached hydrogens (tertiary/aromatic N) is 1. The summed E-state index contributed by atoms with van der Waals surface area (Å²) in [6.45, 7) is 4.82. The maximum atomic E-state index is 13.6. The second-order valence-electron chi connectivity index (χ2n) is 6.13. The molecule has 3 nitrogen and oxygen atoms in total. The van der Waals surface area contributed by atoms with Gasteiger partial charge in [-0.3, -0.25) is 9.69 Å². The van der Waals surface area contributed by atoms with E-state index in [1.165, 1.54) is 12.1 Å². The van der Waals surface area contributed by atoms with Crippen molar-refractivity contribution in [2.75, 3.05) is 26.3 Å². The Morgan fingerprint density at radius 2 is 1.90 bits per heavy atom. The van der Waals surface area contributed by atoms with Crippen LogP contribution in [-0.2, 0) is 4.74 Å². The minimum atomic E-state index is -0.442. The molecule has 0 amide bonds. The van der Waals surface area contributed by atoms with Crippen molar-refractivity contribution in [1.29, 1.82) is 0 Å². The van der Waals surface area contributed by atoms with Crippen molar-refractivity contribution in [3.8, 4) is 0 Å². The maximum absolute atomic E-state index is 13.6. The molecular formula is C17H22FNO2. The summed E-state index contributed by atoms with van der Waals surface area (Å²) in [6, 6.07) is 4.52. The van der Waals surface area contributed by atoms with Gasteiger partial charge in [-0.15, -0.1) is 0 Å². The van der Waals surface area contributed by atoms with Crippen molar-refractivity contribution in [2.45, 2.75) is 38.1 Å². The highest BCUT2D eigenvalue weighted by Gasteiger charge is 2.46. The summed E-state index contributed by atoms with van der Waals surface area (Å²) in [5.41, 5.74) is 0.965. The van der Waals surface area contributed by atoms with Crippen LogP contribution < -0.4 is 0 Å². The fourth-order valence-corrected chi connectivity index (χ4v) is 3.73. The second-order valence-corrected chi connectivity index (χ2v) is 6.13. The summed E-state index contributed by atoms with van der Waals surface area (Å²) in [7, 11) is 0. The van der Waals surface area contributed by atoms with E-state index in [0.717, 1.165) is 44.3 Å². The van der Waals surface area contributed by atoms with Gasteiger partial charge in [0.25, 0.3) is 0 Å². The van der Waals surface area contributed by atoms with Crippen LogP contribution in [0.3, 0.4) is 0 Å². The Balaban J connectivity index is 1.96. The number of morpholine rings is 1. The number of carbonyl (C=O) groups excluding carboxylic acids is 1. The Labute approximate surface area is 125 Å². The lowest BCUT2D eigenvalue weighted by Crippen LogP contribution is -2.56. The number of Topliss-reactive ketones (excluding diaryl/α,β-unsaturated/α-hetero) is 1. The average molecular weight is 291 g/mol. The molecule has 0 spiro atoms. The molecule has 1 aromatic rings. The normalized spacial score (nSPS) is 22.4. The van der Waals surface area contributed by atoms with E-state index in [4.69, 9.17) is 4.74 Å². The van der Waals surface area contributed by atoms with Gasteiger partial charge in [0.15, 0.2) is 5.78 Å². The summed E-state index contributed by atoms with van der Waals surface area (Å²) in [4.78, 5) is 15.5. The standard InChI is InChI=1S/C17H22FNO2/c1-13-4-5-14(18)12-15(13)16(20)17(6-2-3-7-17)19-8-10-21-11-9-19/h4-5,12H,2-3,6-11H2,1H3. The molecule has 21 heavy (non-hydrogen) atoms. The minimum absolute atomic E-state index is 0.0962. The molecule has 2 fully saturated rings. The minimum Gasteiger partial charge on any atom is -0.379 e. The highest BCUT2D eigenvalue weighted by molar-refractivity contribution is 6.04. The van der Waals surface area contributed by atoms with Gasteiger partial charge in [-0.25, -0.2) is 4.39 Å². The third-order valence-corrected chi connectivity index (χ3v) is 4.91. The van der Waals surface area contributed by atoms with Crippen LogP contribution in [0.2, 0.25) is 0 Å². The van der Waals surface area contributed by atoms with Crippen LogP contribution in [0.5, 0.6) is 0 Å². The molecule has 1 saturated carbocycles. The molecule has 1 aliphatic carbocycles. The van der Waals surface area contributed by atoms with E-state index < -0.39 is 5.54 Å². The third-order valence-electron chi connectivity index (χ3n) is 4.91. The van der Waals surface area contributed by atoms with Crippen LogP contribution in [0.15, 0.2) is 18.2 Å². The summed E-state index contributed by atoms with van der Waals surface area (Å²) in [5.74, 6) is -0.238. The van der Waals surface area contributed by atoms with Crippen LogP contribution in [0, 0.1) is 12.7 Å². The molecule has 2 aliphatic rings. The topological polar surface area (TPSA) is 29.5 Å². The molecule has 114 valence electrons. The largest absolute Gasteiger partial charge is 0.379 e. The van der Waals surface area contributed by atoms with E-state index in [1.807, 2.05) is 6.92 Å². The molecule has 1 heterocycles. The van der Waals surface area contributed by atoms with E-state index in [9.17, 15) is 9.18 Å². The van der Waals surface area contributed by atoms with Crippen LogP contribution >= 0.6 is 0 Å². The first-order valence-electron chi connectivity index (χ1n) is 7.77. The zero-order chi connectivity index (χ0) is 14.9. The lowest BCUT2D eigenvalue weighted by Gasteiger charge is -2.42. The zero-order valence-electron chi connectivity index (χ0n) is 12.5. The van der Waals surface area contributed by atoms with E-state index in [1.54, 1.807) is 6.07 Å². The second kappa shape index (κ2) is 5.85. The molecular weight excluding hydrogens is 269 g/mol. The van der Waals surface area contributed by atoms with Crippen molar-refractivity contribution >= 4 is 5.78 Å². The van der Waals surface area contributed by atoms with Crippen LogP contribution in [0.25, 0.3) is 0 Å². The average Bonchev–Trinajstić information content (AvgIpc) is 3.01. The Hall–Kier alpha value is -1.26. The van der Waals surface area contributed by atoms with Crippen molar-refractivity contribution in [3.05, 3.63) is 35.1 Å². The van der Waals surface area contributed by atoms with Crippen LogP contribution in [0.4, 0.5) is 4.39 Å². The maximum Gasteiger partial charge on any atom is 0.183 e. The molecule has 4 heteroatoms. The molecule has 1 aliphatic heterocycles. The number of carbonyl (C=O) groups is 1. The molecule has 1 saturated heterocycles. The van der Waals surface area contributed by atoms with E-state index in [2.05, 4.69) is 4.90 Å². The number of hydrogen-bond acceptors (Lipinski definition) is 3. The van der Waals surface area contributed by atoms with E-state index in [0.29, 0.717) is 18.8 Å². The lowest BCUT2D eigenvalue weighted by atomic mass is 9.84. The molecule has 0 radical (unpaired) electrons. The van der Waals surface area contributed by atoms with Crippen molar-refractivity contribution in [3.63, 3.8) is 0 Å². The lowest BCUT2D eigenvalue weighted by molar-refractivity contribution is -0.0130. The predicted molar refractivity (Wildman–Crippen MR) is 79.1 cm³/mol. The molecule has 0 atom stereocenters. The van der Waals surface area contributed by atoms with Crippen molar-refractivity contribution in [2.24, 2.45) is 0 Å². The fraction of sp³-hybridized carbons (Fsp3) is 0.588. The Bertz CT molecular complexity index is 532. The molecule has 0 aromatic heterocycles. The van der Waals surface area contributed by atoms with Gasteiger partial charge in [-0.05, 0) is 37.5 Å². The SMILES string of the molecule is Cc1ccc(F)cc1C(=O)C1(N2CCOCC2)CCCC1. The number of ketones is 1. The van der Waals surface area contributed by atoms with Gasteiger partial charge in [-0.1, -0.05) is 18.9 Å². The zero-order valence-corrected chi connectivity index (χ0v) is 12.5. The molecule has 0 unspecified atom stereocenters. The molecule has 3 rings (SSSR count). The fourth-order valence-electron chi connectivity index (χ4n) is 3.73. The first-order valence-corrected chi connectivity index (χ1v) is 7.77. The highest BCUT2D eigenvalue weighted by atomic mass is 19.1. The van der Waals surface area contributed by atoms with Gasteiger partial charge in [-0.2, -0.15) is 0 Å². The van der Waals surface area contributed by atoms with E-state index in [-0.39, 0.29) is 11.6 Å². The monoisotopic (exact) mass is 291 g/mol. The Kier molecular flexibility index (Phi) is 4.09. The van der Waals surface area contributed by atoms with Gasteiger partial charge in [0.05, 0.1) is 18.8 Å². The van der Waals surface area contributed by atoms with Gasteiger partial charge in [0.2, 0.25) is 0 Å². The predicted octanol–water partition coefficient (Wildman–Crippen LogP) is 2.96. The van der Waals surface area contributed by atoms with Gasteiger partial charge in [0, 0.05) is 18.7 Å². The molecule has 1 aromatic carbocycles. The number of aryl methyl sites for hydroxylation is 1. The number of ether oxygens (including phenoxy) is 1. The molecule has 0 bridgehead atoms. The number of rotatable bonds is 3. The van der Waals surface area contributed by atoms with Crippen molar-refractivity contribution < 1.29 is 13.9 Å². The van der Waals surface area contributed by atoms with Crippen molar-refractivity contribution in [1.82, 2.24) is 4.90 Å². The van der Waals surface area contributed by atoms with Crippen LogP contribution in [0.1, 0.15) is 41.6 Å². The summed E-state index contributed by atoms with van der Waals surface area (Å²) in [6.07, 6.45) is 3.89. The first kappa shape index (κ1) is 14.7. The highest BCUT2D eigenvalue weighted by Crippen LogP contribution is 2.39. The summed E-state index contributed by atoms with van der Waals surface area (Å²) in [5, 5.41) is 0. The third kappa shape index (κ3) is 2.62. The van der Waals surface area contributed by atoms with Gasteiger partial charge in [0.1, 0.15) is 5.82 Å². The van der Waals surface area contributed by atoms with Crippen LogP contribution in [-0.4, -0.2) is 42.5 Å². The quantitative estimate of drug-likeness (QED) is 0.802. The Morgan fingerprint density at radius 3 is 2.57 bits per heavy atom. The number of halogens is 1. The summed E-state index contributed by atoms with van der Waals surface area (Å²) >= 11 is 0. The van der Waals surface area contributed by atoms with E-state index >= 15 is 0 Å².